The van der Waals surface area contributed by atoms with Gasteiger partial charge in [-0.05, 0) is 36.8 Å². The molecule has 0 aliphatic heterocycles. The molecule has 0 N–H and O–H groups in total. The molecule has 0 saturated heterocycles. The Bertz CT molecular complexity index is 414. The minimum atomic E-state index is -0.304. The molecule has 0 aliphatic carbocycles. The van der Waals surface area contributed by atoms with Crippen LogP contribution in [0.4, 0.5) is 0 Å². The van der Waals surface area contributed by atoms with Crippen LogP contribution in [0.3, 0.4) is 0 Å². The Labute approximate surface area is 144 Å². The molecule has 1 rings (SSSR count). The van der Waals surface area contributed by atoms with E-state index in [1.165, 1.54) is 0 Å². The van der Waals surface area contributed by atoms with E-state index < -0.39 is 0 Å². The molecule has 0 spiro atoms. The topological polar surface area (TPSA) is 52.6 Å². The van der Waals surface area contributed by atoms with Gasteiger partial charge in [0.05, 0.1) is 6.61 Å². The van der Waals surface area contributed by atoms with Crippen LogP contribution in [0.5, 0.6) is 5.75 Å². The first-order valence-electron chi connectivity index (χ1n) is 7.79. The van der Waals surface area contributed by atoms with Gasteiger partial charge in [-0.25, -0.2) is 9.13 Å². The van der Waals surface area contributed by atoms with E-state index in [-0.39, 0.29) is 17.4 Å². The number of hydrogen-bond donors (Lipinski definition) is 0. The van der Waals surface area contributed by atoms with Crippen molar-refractivity contribution in [3.8, 4) is 5.75 Å². The van der Waals surface area contributed by atoms with Gasteiger partial charge in [-0.3, -0.25) is 4.52 Å². The van der Waals surface area contributed by atoms with Crippen LogP contribution >= 0.6 is 17.4 Å². The Morgan fingerprint density at radius 1 is 1.04 bits per heavy atom. The summed E-state index contributed by atoms with van der Waals surface area (Å²) in [6.07, 6.45) is 1.10. The molecule has 0 aliphatic rings. The predicted octanol–water partition coefficient (Wildman–Crippen LogP) is 6.89. The second kappa shape index (κ2) is 14.8. The first kappa shape index (κ1) is 24.4. The van der Waals surface area contributed by atoms with Crippen LogP contribution in [0.1, 0.15) is 53.5 Å². The van der Waals surface area contributed by atoms with E-state index in [0.29, 0.717) is 23.7 Å². The zero-order valence-electron chi connectivity index (χ0n) is 15.3. The predicted molar refractivity (Wildman–Crippen MR) is 97.6 cm³/mol. The fourth-order valence-electron chi connectivity index (χ4n) is 1.90. The maximum absolute atomic E-state index is 9.95. The lowest BCUT2D eigenvalue weighted by Crippen LogP contribution is -2.13. The molecule has 23 heavy (non-hydrogen) atoms. The van der Waals surface area contributed by atoms with Gasteiger partial charge in [0.15, 0.2) is 0 Å². The van der Waals surface area contributed by atoms with Crippen molar-refractivity contribution in [2.45, 2.75) is 54.9 Å². The van der Waals surface area contributed by atoms with Gasteiger partial charge in [0, 0.05) is 0 Å². The molecule has 0 amide bonds. The van der Waals surface area contributed by atoms with Gasteiger partial charge in [0.25, 0.3) is 0 Å². The summed E-state index contributed by atoms with van der Waals surface area (Å²) in [4.78, 5) is 0. The van der Waals surface area contributed by atoms with Crippen molar-refractivity contribution in [2.24, 2.45) is 11.3 Å². The highest BCUT2D eigenvalue weighted by molar-refractivity contribution is 7.17. The molecule has 4 nitrogen and oxygen atoms in total. The smallest absolute Gasteiger partial charge is 0.395 e. The summed E-state index contributed by atoms with van der Waals surface area (Å²) < 4.78 is 29.3. The molecule has 1 unspecified atom stereocenters. The third-order valence-corrected chi connectivity index (χ3v) is 3.08. The van der Waals surface area contributed by atoms with E-state index in [0.717, 1.165) is 12.0 Å². The minimum absolute atomic E-state index is 0.204. The van der Waals surface area contributed by atoms with Gasteiger partial charge in [-0.15, -0.1) is 0 Å². The van der Waals surface area contributed by atoms with E-state index in [2.05, 4.69) is 32.2 Å². The summed E-state index contributed by atoms with van der Waals surface area (Å²) in [7, 11) is -0.507. The van der Waals surface area contributed by atoms with Gasteiger partial charge >= 0.3 is 17.4 Å². The molecule has 1 aromatic rings. The van der Waals surface area contributed by atoms with Crippen LogP contribution in [0.15, 0.2) is 24.3 Å². The Kier molecular flexibility index (Phi) is 15.7. The van der Waals surface area contributed by atoms with Crippen LogP contribution in [-0.4, -0.2) is 6.61 Å². The minimum Gasteiger partial charge on any atom is -0.408 e. The van der Waals surface area contributed by atoms with Gasteiger partial charge in [-0.2, -0.15) is 0 Å². The second-order valence-corrected chi connectivity index (χ2v) is 6.96. The van der Waals surface area contributed by atoms with Crippen molar-refractivity contribution in [1.29, 1.82) is 0 Å². The van der Waals surface area contributed by atoms with Crippen molar-refractivity contribution >= 4 is 17.4 Å². The third kappa shape index (κ3) is 17.4. The summed E-state index contributed by atoms with van der Waals surface area (Å²) in [5, 5.41) is 0. The molecule has 6 heteroatoms. The van der Waals surface area contributed by atoms with E-state index in [9.17, 15) is 9.13 Å². The second-order valence-electron chi connectivity index (χ2n) is 6.22. The molecular formula is C17H30O4P2. The Morgan fingerprint density at radius 2 is 1.57 bits per heavy atom. The first-order valence-corrected chi connectivity index (χ1v) is 9.25. The van der Waals surface area contributed by atoms with E-state index >= 15 is 0 Å². The van der Waals surface area contributed by atoms with Crippen LogP contribution in [0.25, 0.3) is 0 Å². The number of rotatable bonds is 6. The van der Waals surface area contributed by atoms with Crippen molar-refractivity contribution in [1.82, 2.24) is 0 Å². The van der Waals surface area contributed by atoms with E-state index in [1.807, 2.05) is 32.9 Å². The van der Waals surface area contributed by atoms with Crippen molar-refractivity contribution in [3.05, 3.63) is 29.8 Å². The van der Waals surface area contributed by atoms with E-state index in [1.54, 1.807) is 12.1 Å². The summed E-state index contributed by atoms with van der Waals surface area (Å²) in [5.41, 5.74) is 1.50. The summed E-state index contributed by atoms with van der Waals surface area (Å²) in [5.74, 6) is 1.11. The van der Waals surface area contributed by atoms with Crippen LogP contribution in [0, 0.1) is 18.3 Å². The zero-order chi connectivity index (χ0) is 18.3. The third-order valence-electron chi connectivity index (χ3n) is 2.54. The maximum Gasteiger partial charge on any atom is 0.395 e. The maximum atomic E-state index is 9.95. The molecule has 0 bridgehead atoms. The molecule has 0 fully saturated rings. The Hall–Kier alpha value is -0.820. The average molecular weight is 360 g/mol. The van der Waals surface area contributed by atoms with Gasteiger partial charge in [0.2, 0.25) is 0 Å². The molecule has 0 aromatic heterocycles. The average Bonchev–Trinajstić information content (AvgIpc) is 2.49. The molecule has 0 saturated carbocycles. The highest BCUT2D eigenvalue weighted by Crippen LogP contribution is 2.24. The largest absolute Gasteiger partial charge is 0.408 e. The van der Waals surface area contributed by atoms with Crippen LogP contribution in [-0.2, 0) is 13.7 Å². The Balaban J connectivity index is 0. The number of aryl methyl sites for hydroxylation is 1. The number of benzene rings is 1. The zero-order valence-corrected chi connectivity index (χ0v) is 17.1. The fraction of sp³-hybridized carbons (Fsp3) is 0.647. The van der Waals surface area contributed by atoms with Gasteiger partial charge in [-0.1, -0.05) is 59.2 Å². The first-order chi connectivity index (χ1) is 10.8. The van der Waals surface area contributed by atoms with Crippen molar-refractivity contribution < 1.29 is 18.2 Å². The highest BCUT2D eigenvalue weighted by atomic mass is 31.1. The van der Waals surface area contributed by atoms with Crippen molar-refractivity contribution in [3.63, 3.8) is 0 Å². The molecule has 1 aromatic carbocycles. The molecule has 132 valence electrons. The SMILES string of the molecule is CC.CC(COP=O)CC(C)(C)C.Cc1ccc(OP=O)cc1. The molecular weight excluding hydrogens is 330 g/mol. The molecule has 0 radical (unpaired) electrons. The normalized spacial score (nSPS) is 11.8. The molecule has 0 heterocycles. The van der Waals surface area contributed by atoms with Gasteiger partial charge in [0.1, 0.15) is 5.75 Å². The van der Waals surface area contributed by atoms with Crippen molar-refractivity contribution in [2.75, 3.05) is 6.61 Å². The van der Waals surface area contributed by atoms with E-state index in [4.69, 9.17) is 4.52 Å². The monoisotopic (exact) mass is 360 g/mol. The Morgan fingerprint density at radius 3 is 1.96 bits per heavy atom. The quantitative estimate of drug-likeness (QED) is 0.518. The van der Waals surface area contributed by atoms with Crippen LogP contribution in [0.2, 0.25) is 0 Å². The standard InChI is InChI=1S/C8H17O2P.C7H7O2P.C2H6/c1-7(6-10-11-9)5-8(2,3)4;1-6-2-4-7(5-3-6)9-10-8;1-2/h7H,5-6H2,1-4H3;2-5H,1H3;1-2H3. The van der Waals surface area contributed by atoms with Gasteiger partial charge < -0.3 is 4.52 Å². The number of hydrogen-bond acceptors (Lipinski definition) is 4. The lowest BCUT2D eigenvalue weighted by atomic mass is 9.86. The lowest BCUT2D eigenvalue weighted by molar-refractivity contribution is 0.220. The van der Waals surface area contributed by atoms with Crippen LogP contribution < -0.4 is 4.52 Å². The summed E-state index contributed by atoms with van der Waals surface area (Å²) in [6, 6.07) is 7.36. The lowest BCUT2D eigenvalue weighted by Gasteiger charge is -2.21. The summed E-state index contributed by atoms with van der Waals surface area (Å²) in [6.45, 7) is 15.3. The molecule has 1 atom stereocenters. The highest BCUT2D eigenvalue weighted by Gasteiger charge is 2.15. The fourth-order valence-corrected chi connectivity index (χ4v) is 2.43. The summed E-state index contributed by atoms with van der Waals surface area (Å²) >= 11 is 0.